The number of pyridine rings is 1. The van der Waals surface area contributed by atoms with Gasteiger partial charge in [0.05, 0.1) is 0 Å². The number of nitrogens with zero attached hydrogens (tertiary/aromatic N) is 1. The van der Waals surface area contributed by atoms with Crippen molar-refractivity contribution < 1.29 is 19.4 Å². The van der Waals surface area contributed by atoms with E-state index in [0.717, 1.165) is 5.75 Å². The van der Waals surface area contributed by atoms with Crippen LogP contribution in [-0.4, -0.2) is 29.3 Å². The minimum Gasteiger partial charge on any atom is -0.490 e. The number of carboxylic acid groups (broad SMARTS) is 1. The van der Waals surface area contributed by atoms with E-state index in [-0.39, 0.29) is 12.2 Å². The summed E-state index contributed by atoms with van der Waals surface area (Å²) in [5.74, 6) is -0.0227. The molecule has 0 unspecified atom stereocenters. The number of rotatable bonds is 6. The van der Waals surface area contributed by atoms with Gasteiger partial charge in [-0.05, 0) is 18.2 Å². The molecule has 0 aliphatic heterocycles. The number of benzene rings is 1. The molecule has 5 nitrogen and oxygen atoms in total. The predicted molar refractivity (Wildman–Crippen MR) is 68.6 cm³/mol. The van der Waals surface area contributed by atoms with Gasteiger partial charge in [-0.3, -0.25) is 4.98 Å². The van der Waals surface area contributed by atoms with E-state index in [1.807, 2.05) is 30.3 Å². The Kier molecular flexibility index (Phi) is 4.34. The Balaban J connectivity index is 1.85. The summed E-state index contributed by atoms with van der Waals surface area (Å²) < 4.78 is 10.8. The van der Waals surface area contributed by atoms with Crippen molar-refractivity contribution in [2.75, 3.05) is 13.2 Å². The number of carboxylic acids is 1. The number of aromatic carboxylic acids is 1. The molecule has 1 aromatic carbocycles. The maximum absolute atomic E-state index is 10.9. The minimum absolute atomic E-state index is 0.0437. The quantitative estimate of drug-likeness (QED) is 0.806. The second-order valence-electron chi connectivity index (χ2n) is 3.69. The molecule has 5 heteroatoms. The molecule has 1 N–H and O–H groups in total. The van der Waals surface area contributed by atoms with Crippen molar-refractivity contribution in [3.63, 3.8) is 0 Å². The Bertz CT molecular complexity index is 542. The topological polar surface area (TPSA) is 68.7 Å². The fraction of sp³-hybridized carbons (Fsp3) is 0.143. The van der Waals surface area contributed by atoms with E-state index in [4.69, 9.17) is 14.6 Å². The SMILES string of the molecule is O=C(O)c1cnccc1OCCOc1ccccc1. The van der Waals surface area contributed by atoms with Gasteiger partial charge >= 0.3 is 5.97 Å². The van der Waals surface area contributed by atoms with E-state index < -0.39 is 5.97 Å². The Morgan fingerprint density at radius 2 is 1.84 bits per heavy atom. The summed E-state index contributed by atoms with van der Waals surface area (Å²) in [5, 5.41) is 8.95. The van der Waals surface area contributed by atoms with E-state index >= 15 is 0 Å². The van der Waals surface area contributed by atoms with Gasteiger partial charge in [0.25, 0.3) is 0 Å². The van der Waals surface area contributed by atoms with Crippen molar-refractivity contribution in [3.05, 3.63) is 54.4 Å². The first kappa shape index (κ1) is 12.9. The van der Waals surface area contributed by atoms with Gasteiger partial charge in [0.2, 0.25) is 0 Å². The number of carbonyl (C=O) groups is 1. The lowest BCUT2D eigenvalue weighted by atomic mass is 10.2. The maximum Gasteiger partial charge on any atom is 0.341 e. The maximum atomic E-state index is 10.9. The third-order valence-corrected chi connectivity index (χ3v) is 2.36. The highest BCUT2D eigenvalue weighted by Gasteiger charge is 2.10. The number of para-hydroxylation sites is 1. The Morgan fingerprint density at radius 3 is 2.58 bits per heavy atom. The van der Waals surface area contributed by atoms with Gasteiger partial charge in [-0.1, -0.05) is 18.2 Å². The van der Waals surface area contributed by atoms with Gasteiger partial charge in [0, 0.05) is 12.4 Å². The van der Waals surface area contributed by atoms with Gasteiger partial charge in [0.15, 0.2) is 0 Å². The summed E-state index contributed by atoms with van der Waals surface area (Å²) in [7, 11) is 0. The summed E-state index contributed by atoms with van der Waals surface area (Å²) in [4.78, 5) is 14.7. The second-order valence-corrected chi connectivity index (χ2v) is 3.69. The minimum atomic E-state index is -1.06. The van der Waals surface area contributed by atoms with Crippen molar-refractivity contribution in [2.24, 2.45) is 0 Å². The van der Waals surface area contributed by atoms with Crippen molar-refractivity contribution in [3.8, 4) is 11.5 Å². The summed E-state index contributed by atoms with van der Waals surface area (Å²) in [6.45, 7) is 0.602. The average Bonchev–Trinajstić information content (AvgIpc) is 2.45. The highest BCUT2D eigenvalue weighted by molar-refractivity contribution is 5.90. The lowest BCUT2D eigenvalue weighted by Crippen LogP contribution is -2.11. The zero-order chi connectivity index (χ0) is 13.5. The fourth-order valence-electron chi connectivity index (χ4n) is 1.50. The van der Waals surface area contributed by atoms with E-state index in [1.165, 1.54) is 18.5 Å². The van der Waals surface area contributed by atoms with Crippen LogP contribution in [0.5, 0.6) is 11.5 Å². The smallest absolute Gasteiger partial charge is 0.341 e. The van der Waals surface area contributed by atoms with Crippen LogP contribution in [0.1, 0.15) is 10.4 Å². The largest absolute Gasteiger partial charge is 0.490 e. The molecule has 0 bridgehead atoms. The van der Waals surface area contributed by atoms with Crippen LogP contribution in [0.2, 0.25) is 0 Å². The molecule has 0 amide bonds. The molecule has 0 atom stereocenters. The highest BCUT2D eigenvalue weighted by Crippen LogP contribution is 2.16. The highest BCUT2D eigenvalue weighted by atomic mass is 16.5. The van der Waals surface area contributed by atoms with E-state index in [9.17, 15) is 4.79 Å². The van der Waals surface area contributed by atoms with Crippen molar-refractivity contribution in [2.45, 2.75) is 0 Å². The first-order valence-electron chi connectivity index (χ1n) is 5.75. The molecule has 0 saturated heterocycles. The van der Waals surface area contributed by atoms with E-state index in [2.05, 4.69) is 4.98 Å². The van der Waals surface area contributed by atoms with Crippen molar-refractivity contribution in [1.29, 1.82) is 0 Å². The average molecular weight is 259 g/mol. The number of aromatic nitrogens is 1. The molecule has 98 valence electrons. The molecule has 0 aliphatic carbocycles. The van der Waals surface area contributed by atoms with Crippen LogP contribution < -0.4 is 9.47 Å². The van der Waals surface area contributed by atoms with Crippen molar-refractivity contribution in [1.82, 2.24) is 4.98 Å². The standard InChI is InChI=1S/C14H13NO4/c16-14(17)12-10-15-7-6-13(12)19-9-8-18-11-4-2-1-3-5-11/h1-7,10H,8-9H2,(H,16,17). The molecule has 0 spiro atoms. The summed E-state index contributed by atoms with van der Waals surface area (Å²) in [6.07, 6.45) is 2.75. The Labute approximate surface area is 110 Å². The van der Waals surface area contributed by atoms with Crippen LogP contribution in [0.3, 0.4) is 0 Å². The molecule has 0 radical (unpaired) electrons. The monoisotopic (exact) mass is 259 g/mol. The first-order chi connectivity index (χ1) is 9.27. The van der Waals surface area contributed by atoms with Crippen molar-refractivity contribution >= 4 is 5.97 Å². The molecular weight excluding hydrogens is 246 g/mol. The van der Waals surface area contributed by atoms with Gasteiger partial charge in [-0.2, -0.15) is 0 Å². The second kappa shape index (κ2) is 6.39. The predicted octanol–water partition coefficient (Wildman–Crippen LogP) is 2.24. The van der Waals surface area contributed by atoms with Gasteiger partial charge < -0.3 is 14.6 Å². The zero-order valence-corrected chi connectivity index (χ0v) is 10.2. The summed E-state index contributed by atoms with van der Waals surface area (Å²) in [6, 6.07) is 10.9. The van der Waals surface area contributed by atoms with Gasteiger partial charge in [-0.15, -0.1) is 0 Å². The normalized spacial score (nSPS) is 9.89. The van der Waals surface area contributed by atoms with Crippen LogP contribution in [0.15, 0.2) is 48.8 Å². The van der Waals surface area contributed by atoms with Crippen LogP contribution in [0.4, 0.5) is 0 Å². The molecule has 0 saturated carbocycles. The molecular formula is C14H13NO4. The molecule has 2 aromatic rings. The first-order valence-corrected chi connectivity index (χ1v) is 5.75. The van der Waals surface area contributed by atoms with Crippen LogP contribution in [0.25, 0.3) is 0 Å². The number of ether oxygens (including phenoxy) is 2. The molecule has 1 heterocycles. The van der Waals surface area contributed by atoms with E-state index in [0.29, 0.717) is 12.4 Å². The number of hydrogen-bond acceptors (Lipinski definition) is 4. The fourth-order valence-corrected chi connectivity index (χ4v) is 1.50. The number of hydrogen-bond donors (Lipinski definition) is 1. The lowest BCUT2D eigenvalue weighted by Gasteiger charge is -2.09. The molecule has 1 aromatic heterocycles. The van der Waals surface area contributed by atoms with E-state index in [1.54, 1.807) is 0 Å². The summed E-state index contributed by atoms with van der Waals surface area (Å²) >= 11 is 0. The van der Waals surface area contributed by atoms with Crippen LogP contribution in [-0.2, 0) is 0 Å². The molecule has 19 heavy (non-hydrogen) atoms. The third-order valence-electron chi connectivity index (χ3n) is 2.36. The van der Waals surface area contributed by atoms with Crippen LogP contribution >= 0.6 is 0 Å². The zero-order valence-electron chi connectivity index (χ0n) is 10.2. The Morgan fingerprint density at radius 1 is 1.11 bits per heavy atom. The molecule has 2 rings (SSSR count). The van der Waals surface area contributed by atoms with Gasteiger partial charge in [-0.25, -0.2) is 4.79 Å². The summed E-state index contributed by atoms with van der Waals surface area (Å²) in [5.41, 5.74) is 0.0437. The lowest BCUT2D eigenvalue weighted by molar-refractivity contribution is 0.0690. The molecule has 0 aliphatic rings. The third kappa shape index (κ3) is 3.70. The molecule has 0 fully saturated rings. The van der Waals surface area contributed by atoms with Gasteiger partial charge in [0.1, 0.15) is 30.3 Å². The van der Waals surface area contributed by atoms with Crippen LogP contribution in [0, 0.1) is 0 Å². The Hall–Kier alpha value is -2.56.